The molecule has 0 aliphatic rings. The monoisotopic (exact) mass is 203 g/mol. The van der Waals surface area contributed by atoms with Gasteiger partial charge in [0.25, 0.3) is 0 Å². The molecule has 3 nitrogen and oxygen atoms in total. The molecule has 0 amide bonds. The van der Waals surface area contributed by atoms with E-state index in [0.717, 1.165) is 16.7 Å². The number of nitrogens with zero attached hydrogens (tertiary/aromatic N) is 1. The minimum Gasteiger partial charge on any atom is -0.491 e. The maximum atomic E-state index is 8.66. The lowest BCUT2D eigenvalue weighted by molar-refractivity contribution is 0.234. The molecule has 0 aliphatic carbocycles. The fourth-order valence-electron chi connectivity index (χ4n) is 1.44. The van der Waals surface area contributed by atoms with Crippen molar-refractivity contribution >= 4 is 10.9 Å². The van der Waals surface area contributed by atoms with E-state index >= 15 is 0 Å². The number of aliphatic hydroxyl groups excluding tert-OH is 1. The molecule has 0 spiro atoms. The van der Waals surface area contributed by atoms with Gasteiger partial charge in [-0.3, -0.25) is 4.98 Å². The fourth-order valence-corrected chi connectivity index (χ4v) is 1.44. The Morgan fingerprint density at radius 2 is 2.07 bits per heavy atom. The predicted octanol–water partition coefficient (Wildman–Crippen LogP) is 2.00. The zero-order valence-electron chi connectivity index (χ0n) is 8.39. The van der Waals surface area contributed by atoms with Crippen LogP contribution in [0.15, 0.2) is 36.5 Å². The summed E-state index contributed by atoms with van der Waals surface area (Å²) in [5, 5.41) is 9.73. The van der Waals surface area contributed by atoms with Crippen LogP contribution < -0.4 is 4.74 Å². The first kappa shape index (κ1) is 9.93. The molecule has 0 saturated heterocycles. The summed E-state index contributed by atoms with van der Waals surface area (Å²) in [4.78, 5) is 4.27. The molecule has 1 N–H and O–H groups in total. The Labute approximate surface area is 88.3 Å². The summed E-state index contributed by atoms with van der Waals surface area (Å²) >= 11 is 0. The van der Waals surface area contributed by atoms with Crippen molar-refractivity contribution in [3.8, 4) is 5.75 Å². The van der Waals surface area contributed by atoms with Gasteiger partial charge in [0.1, 0.15) is 11.3 Å². The molecule has 0 bridgehead atoms. The van der Waals surface area contributed by atoms with E-state index in [2.05, 4.69) is 4.98 Å². The summed E-state index contributed by atoms with van der Waals surface area (Å²) in [7, 11) is 0. The molecule has 0 atom stereocenters. The average molecular weight is 203 g/mol. The summed E-state index contributed by atoms with van der Waals surface area (Å²) < 4.78 is 5.54. The zero-order valence-corrected chi connectivity index (χ0v) is 8.39. The van der Waals surface area contributed by atoms with Gasteiger partial charge in [-0.05, 0) is 12.1 Å². The molecule has 2 rings (SSSR count). The molecule has 3 heteroatoms. The van der Waals surface area contributed by atoms with Crippen molar-refractivity contribution in [2.24, 2.45) is 0 Å². The third-order valence-corrected chi connectivity index (χ3v) is 2.16. The van der Waals surface area contributed by atoms with Gasteiger partial charge in [0, 0.05) is 24.6 Å². The summed E-state index contributed by atoms with van der Waals surface area (Å²) in [6, 6.07) is 9.74. The Hall–Kier alpha value is -1.61. The van der Waals surface area contributed by atoms with Crippen molar-refractivity contribution in [1.29, 1.82) is 0 Å². The third-order valence-electron chi connectivity index (χ3n) is 2.16. The average Bonchev–Trinajstić information content (AvgIpc) is 2.30. The van der Waals surface area contributed by atoms with Gasteiger partial charge in [0.15, 0.2) is 0 Å². The van der Waals surface area contributed by atoms with Crippen molar-refractivity contribution in [3.05, 3.63) is 36.5 Å². The molecule has 0 saturated carbocycles. The number of aromatic nitrogens is 1. The molecule has 0 fully saturated rings. The van der Waals surface area contributed by atoms with E-state index in [9.17, 15) is 0 Å². The second-order valence-corrected chi connectivity index (χ2v) is 3.26. The lowest BCUT2D eigenvalue weighted by Crippen LogP contribution is -2.00. The Balaban J connectivity index is 2.26. The molecule has 0 radical (unpaired) electrons. The quantitative estimate of drug-likeness (QED) is 0.773. The lowest BCUT2D eigenvalue weighted by Gasteiger charge is -2.07. The molecular formula is C12H13NO2. The molecule has 0 unspecified atom stereocenters. The number of aliphatic hydroxyl groups is 1. The highest BCUT2D eigenvalue weighted by molar-refractivity contribution is 5.84. The Bertz CT molecular complexity index is 437. The van der Waals surface area contributed by atoms with Crippen LogP contribution in [0.25, 0.3) is 10.9 Å². The van der Waals surface area contributed by atoms with E-state index in [-0.39, 0.29) is 6.61 Å². The van der Waals surface area contributed by atoms with Crippen LogP contribution in [0.4, 0.5) is 0 Å². The van der Waals surface area contributed by atoms with Gasteiger partial charge in [-0.15, -0.1) is 0 Å². The minimum atomic E-state index is 0.151. The number of hydrogen-bond donors (Lipinski definition) is 1. The Morgan fingerprint density at radius 1 is 1.20 bits per heavy atom. The van der Waals surface area contributed by atoms with Crippen LogP contribution in [0.1, 0.15) is 6.42 Å². The summed E-state index contributed by atoms with van der Waals surface area (Å²) in [5.41, 5.74) is 0.873. The topological polar surface area (TPSA) is 42.4 Å². The normalized spacial score (nSPS) is 10.5. The molecule has 1 aromatic carbocycles. The van der Waals surface area contributed by atoms with E-state index in [1.807, 2.05) is 30.3 Å². The standard InChI is InChI=1S/C12H13NO2/c14-8-3-9-15-11-6-1-4-10-5-2-7-13-12(10)11/h1-2,4-7,14H,3,8-9H2. The van der Waals surface area contributed by atoms with Crippen LogP contribution in [0.3, 0.4) is 0 Å². The lowest BCUT2D eigenvalue weighted by atomic mass is 10.2. The van der Waals surface area contributed by atoms with E-state index in [1.54, 1.807) is 6.20 Å². The van der Waals surface area contributed by atoms with Crippen molar-refractivity contribution in [2.45, 2.75) is 6.42 Å². The fraction of sp³-hybridized carbons (Fsp3) is 0.250. The second-order valence-electron chi connectivity index (χ2n) is 3.26. The van der Waals surface area contributed by atoms with Gasteiger partial charge in [0.2, 0.25) is 0 Å². The first-order valence-electron chi connectivity index (χ1n) is 4.99. The molecule has 78 valence electrons. The largest absolute Gasteiger partial charge is 0.491 e. The maximum absolute atomic E-state index is 8.66. The molecule has 2 aromatic rings. The van der Waals surface area contributed by atoms with Crippen molar-refractivity contribution < 1.29 is 9.84 Å². The van der Waals surface area contributed by atoms with E-state index in [1.165, 1.54) is 0 Å². The number of fused-ring (bicyclic) bond motifs is 1. The Morgan fingerprint density at radius 3 is 2.93 bits per heavy atom. The molecule has 1 heterocycles. The molecule has 15 heavy (non-hydrogen) atoms. The SMILES string of the molecule is OCCCOc1cccc2cccnc12. The predicted molar refractivity (Wildman–Crippen MR) is 58.9 cm³/mol. The van der Waals surface area contributed by atoms with Gasteiger partial charge in [-0.25, -0.2) is 0 Å². The maximum Gasteiger partial charge on any atom is 0.145 e. The number of para-hydroxylation sites is 1. The zero-order chi connectivity index (χ0) is 10.5. The van der Waals surface area contributed by atoms with E-state index in [4.69, 9.17) is 9.84 Å². The van der Waals surface area contributed by atoms with Crippen molar-refractivity contribution in [2.75, 3.05) is 13.2 Å². The van der Waals surface area contributed by atoms with E-state index < -0.39 is 0 Å². The van der Waals surface area contributed by atoms with E-state index in [0.29, 0.717) is 13.0 Å². The number of benzene rings is 1. The highest BCUT2D eigenvalue weighted by Crippen LogP contribution is 2.22. The van der Waals surface area contributed by atoms with Crippen LogP contribution in [-0.2, 0) is 0 Å². The number of hydrogen-bond acceptors (Lipinski definition) is 3. The van der Waals surface area contributed by atoms with Gasteiger partial charge >= 0.3 is 0 Å². The highest BCUT2D eigenvalue weighted by atomic mass is 16.5. The van der Waals surface area contributed by atoms with Crippen LogP contribution in [0, 0.1) is 0 Å². The first-order chi connectivity index (χ1) is 7.42. The summed E-state index contributed by atoms with van der Waals surface area (Å²) in [6.07, 6.45) is 2.39. The molecule has 1 aromatic heterocycles. The smallest absolute Gasteiger partial charge is 0.145 e. The Kier molecular flexibility index (Phi) is 3.15. The number of pyridine rings is 1. The molecular weight excluding hydrogens is 190 g/mol. The van der Waals surface area contributed by atoms with Gasteiger partial charge in [-0.1, -0.05) is 18.2 Å². The van der Waals surface area contributed by atoms with Gasteiger partial charge in [-0.2, -0.15) is 0 Å². The first-order valence-corrected chi connectivity index (χ1v) is 4.99. The minimum absolute atomic E-state index is 0.151. The summed E-state index contributed by atoms with van der Waals surface area (Å²) in [5.74, 6) is 0.779. The summed E-state index contributed by atoms with van der Waals surface area (Å²) in [6.45, 7) is 0.671. The van der Waals surface area contributed by atoms with Crippen LogP contribution >= 0.6 is 0 Å². The van der Waals surface area contributed by atoms with Crippen molar-refractivity contribution in [3.63, 3.8) is 0 Å². The van der Waals surface area contributed by atoms with Crippen LogP contribution in [-0.4, -0.2) is 23.3 Å². The second kappa shape index (κ2) is 4.75. The van der Waals surface area contributed by atoms with Gasteiger partial charge in [0.05, 0.1) is 6.61 Å². The number of rotatable bonds is 4. The third kappa shape index (κ3) is 2.25. The van der Waals surface area contributed by atoms with Crippen LogP contribution in [0.2, 0.25) is 0 Å². The highest BCUT2D eigenvalue weighted by Gasteiger charge is 2.01. The van der Waals surface area contributed by atoms with Crippen molar-refractivity contribution in [1.82, 2.24) is 4.98 Å². The van der Waals surface area contributed by atoms with Gasteiger partial charge < -0.3 is 9.84 Å². The van der Waals surface area contributed by atoms with Crippen LogP contribution in [0.5, 0.6) is 5.75 Å². The molecule has 0 aliphatic heterocycles. The number of ether oxygens (including phenoxy) is 1.